The van der Waals surface area contributed by atoms with Crippen LogP contribution >= 0.6 is 23.5 Å². The predicted octanol–water partition coefficient (Wildman–Crippen LogP) is 4.25. The zero-order valence-corrected chi connectivity index (χ0v) is 19.1. The maximum Gasteiger partial charge on any atom is 0.262 e. The fraction of sp³-hybridized carbons (Fsp3) is 0.227. The molecule has 0 atom stereocenters. The lowest BCUT2D eigenvalue weighted by Gasteiger charge is -2.15. The van der Waals surface area contributed by atoms with Crippen LogP contribution in [0.15, 0.2) is 58.5 Å². The van der Waals surface area contributed by atoms with Crippen LogP contribution in [0.4, 0.5) is 11.5 Å². The summed E-state index contributed by atoms with van der Waals surface area (Å²) in [6.45, 7) is 0.175. The van der Waals surface area contributed by atoms with Crippen molar-refractivity contribution in [2.75, 3.05) is 43.4 Å². The van der Waals surface area contributed by atoms with Crippen LogP contribution in [0.5, 0.6) is 5.75 Å². The molecule has 3 rings (SSSR count). The van der Waals surface area contributed by atoms with E-state index in [4.69, 9.17) is 4.74 Å². The molecule has 0 fully saturated rings. The molecule has 3 aromatic rings. The summed E-state index contributed by atoms with van der Waals surface area (Å²) in [4.78, 5) is 23.5. The highest BCUT2D eigenvalue weighted by molar-refractivity contribution is 7.98. The van der Waals surface area contributed by atoms with Gasteiger partial charge in [-0.15, -0.1) is 23.5 Å². The Kier molecular flexibility index (Phi) is 8.16. The number of carbonyl (C=O) groups excluding carboxylic acids is 1. The van der Waals surface area contributed by atoms with Gasteiger partial charge in [-0.3, -0.25) is 4.79 Å². The highest BCUT2D eigenvalue weighted by atomic mass is 32.2. The van der Waals surface area contributed by atoms with Crippen molar-refractivity contribution in [1.82, 2.24) is 9.97 Å². The number of anilines is 2. The van der Waals surface area contributed by atoms with E-state index in [1.165, 1.54) is 11.8 Å². The number of carbonyl (C=O) groups is 1. The van der Waals surface area contributed by atoms with E-state index in [0.717, 1.165) is 10.5 Å². The Morgan fingerprint density at radius 2 is 1.74 bits per heavy atom. The lowest BCUT2D eigenvalue weighted by Crippen LogP contribution is -2.19. The van der Waals surface area contributed by atoms with E-state index >= 15 is 0 Å². The zero-order chi connectivity index (χ0) is 22.2. The van der Waals surface area contributed by atoms with E-state index in [2.05, 4.69) is 20.6 Å². The van der Waals surface area contributed by atoms with Crippen LogP contribution in [0.3, 0.4) is 0 Å². The van der Waals surface area contributed by atoms with Crippen molar-refractivity contribution in [1.29, 1.82) is 0 Å². The number of benzene rings is 2. The Hall–Kier alpha value is -2.75. The molecule has 0 saturated carbocycles. The molecule has 1 heterocycles. The summed E-state index contributed by atoms with van der Waals surface area (Å²) in [5, 5.41) is 15.8. The monoisotopic (exact) mass is 456 g/mol. The summed E-state index contributed by atoms with van der Waals surface area (Å²) in [6.07, 6.45) is 3.88. The number of hydrogen-bond donors (Lipinski definition) is 3. The van der Waals surface area contributed by atoms with Crippen molar-refractivity contribution in [3.63, 3.8) is 0 Å². The number of methoxy groups -OCH3 is 1. The number of hydrogen-bond acceptors (Lipinski definition) is 8. The smallest absolute Gasteiger partial charge is 0.262 e. The molecule has 1 aromatic heterocycles. The zero-order valence-electron chi connectivity index (χ0n) is 17.5. The minimum atomic E-state index is -0.334. The van der Waals surface area contributed by atoms with E-state index in [-0.39, 0.29) is 19.1 Å². The Morgan fingerprint density at radius 3 is 2.32 bits per heavy atom. The summed E-state index contributed by atoms with van der Waals surface area (Å²) >= 11 is 3.02. The molecule has 0 spiro atoms. The molecule has 3 N–H and O–H groups in total. The van der Waals surface area contributed by atoms with Gasteiger partial charge in [0.1, 0.15) is 22.2 Å². The van der Waals surface area contributed by atoms with Crippen molar-refractivity contribution >= 4 is 40.9 Å². The number of amides is 1. The minimum Gasteiger partial charge on any atom is -0.497 e. The first-order chi connectivity index (χ1) is 15.1. The highest BCUT2D eigenvalue weighted by Crippen LogP contribution is 2.30. The molecule has 0 radical (unpaired) electrons. The SMILES string of the molecule is COc1ccc(NC(=O)c2c(NCCO)nc(-c3ccc(SC)cc3)nc2SC)cc1. The van der Waals surface area contributed by atoms with Crippen molar-refractivity contribution in [3.8, 4) is 17.1 Å². The molecule has 9 heteroatoms. The first-order valence-corrected chi connectivity index (χ1v) is 11.9. The topological polar surface area (TPSA) is 96.4 Å². The Morgan fingerprint density at radius 1 is 1.03 bits per heavy atom. The Bertz CT molecular complexity index is 1030. The fourth-order valence-corrected chi connectivity index (χ4v) is 3.81. The van der Waals surface area contributed by atoms with Crippen molar-refractivity contribution in [3.05, 3.63) is 54.1 Å². The average molecular weight is 457 g/mol. The van der Waals surface area contributed by atoms with Gasteiger partial charge >= 0.3 is 0 Å². The Labute approximate surface area is 190 Å². The van der Waals surface area contributed by atoms with Crippen molar-refractivity contribution in [2.24, 2.45) is 0 Å². The number of nitrogens with zero attached hydrogens (tertiary/aromatic N) is 2. The summed E-state index contributed by atoms with van der Waals surface area (Å²) in [6, 6.07) is 15.0. The molecule has 0 bridgehead atoms. The predicted molar refractivity (Wildman–Crippen MR) is 128 cm³/mol. The molecule has 0 unspecified atom stereocenters. The van der Waals surface area contributed by atoms with E-state index in [0.29, 0.717) is 33.7 Å². The number of nitrogens with one attached hydrogen (secondary N) is 2. The normalized spacial score (nSPS) is 10.6. The van der Waals surface area contributed by atoms with E-state index in [1.54, 1.807) is 43.1 Å². The van der Waals surface area contributed by atoms with Gasteiger partial charge in [0.15, 0.2) is 5.82 Å². The number of ether oxygens (including phenoxy) is 1. The largest absolute Gasteiger partial charge is 0.497 e. The molecule has 0 aliphatic rings. The van der Waals surface area contributed by atoms with Crippen LogP contribution in [-0.4, -0.2) is 53.8 Å². The molecule has 0 saturated heterocycles. The van der Waals surface area contributed by atoms with Gasteiger partial charge in [-0.1, -0.05) is 12.1 Å². The van der Waals surface area contributed by atoms with E-state index < -0.39 is 0 Å². The fourth-order valence-electron chi connectivity index (χ4n) is 2.83. The molecule has 162 valence electrons. The summed E-state index contributed by atoms with van der Waals surface area (Å²) in [5.74, 6) is 1.26. The lowest BCUT2D eigenvalue weighted by atomic mass is 10.2. The van der Waals surface area contributed by atoms with Crippen LogP contribution in [-0.2, 0) is 0 Å². The van der Waals surface area contributed by atoms with Gasteiger partial charge in [0.2, 0.25) is 0 Å². The lowest BCUT2D eigenvalue weighted by molar-refractivity contribution is 0.102. The summed E-state index contributed by atoms with van der Waals surface area (Å²) in [5.41, 5.74) is 1.81. The molecular weight excluding hydrogens is 432 g/mol. The highest BCUT2D eigenvalue weighted by Gasteiger charge is 2.21. The van der Waals surface area contributed by atoms with Crippen LogP contribution in [0.2, 0.25) is 0 Å². The number of aliphatic hydroxyl groups excluding tert-OH is 1. The maximum absolute atomic E-state index is 13.1. The third-order valence-corrected chi connectivity index (χ3v) is 5.82. The van der Waals surface area contributed by atoms with Crippen LogP contribution < -0.4 is 15.4 Å². The maximum atomic E-state index is 13.1. The van der Waals surface area contributed by atoms with Crippen molar-refractivity contribution < 1.29 is 14.6 Å². The number of aliphatic hydroxyl groups is 1. The van der Waals surface area contributed by atoms with Gasteiger partial charge in [-0.25, -0.2) is 9.97 Å². The van der Waals surface area contributed by atoms with Gasteiger partial charge in [0.05, 0.1) is 13.7 Å². The van der Waals surface area contributed by atoms with E-state index in [9.17, 15) is 9.90 Å². The Balaban J connectivity index is 1.99. The van der Waals surface area contributed by atoms with Crippen LogP contribution in [0.1, 0.15) is 10.4 Å². The number of aromatic nitrogens is 2. The molecular formula is C22H24N4O3S2. The first kappa shape index (κ1) is 22.9. The first-order valence-electron chi connectivity index (χ1n) is 9.50. The quantitative estimate of drug-likeness (QED) is 0.325. The molecule has 7 nitrogen and oxygen atoms in total. The standard InChI is InChI=1S/C22H24N4O3S2/c1-29-16-8-6-15(7-9-16)24-21(28)18-20(23-12-13-27)25-19(26-22(18)31-3)14-4-10-17(30-2)11-5-14/h4-11,27H,12-13H2,1-3H3,(H,24,28)(H,23,25,26). The van der Waals surface area contributed by atoms with Crippen LogP contribution in [0, 0.1) is 0 Å². The van der Waals surface area contributed by atoms with Gasteiger partial charge < -0.3 is 20.5 Å². The third kappa shape index (κ3) is 5.69. The third-order valence-electron chi connectivity index (χ3n) is 4.40. The molecule has 31 heavy (non-hydrogen) atoms. The second-order valence-electron chi connectivity index (χ2n) is 6.34. The van der Waals surface area contributed by atoms with Gasteiger partial charge in [0, 0.05) is 22.7 Å². The van der Waals surface area contributed by atoms with E-state index in [1.807, 2.05) is 36.8 Å². The second kappa shape index (κ2) is 11.0. The summed E-state index contributed by atoms with van der Waals surface area (Å²) in [7, 11) is 1.59. The number of rotatable bonds is 9. The van der Waals surface area contributed by atoms with Crippen molar-refractivity contribution in [2.45, 2.75) is 9.92 Å². The summed E-state index contributed by atoms with van der Waals surface area (Å²) < 4.78 is 5.16. The van der Waals surface area contributed by atoms with Gasteiger partial charge in [-0.05, 0) is 48.9 Å². The van der Waals surface area contributed by atoms with Crippen LogP contribution in [0.25, 0.3) is 11.4 Å². The molecule has 2 aromatic carbocycles. The van der Waals surface area contributed by atoms with Gasteiger partial charge in [-0.2, -0.15) is 0 Å². The molecule has 0 aliphatic carbocycles. The molecule has 0 aliphatic heterocycles. The second-order valence-corrected chi connectivity index (χ2v) is 8.02. The minimum absolute atomic E-state index is 0.0874. The average Bonchev–Trinajstić information content (AvgIpc) is 2.82. The van der Waals surface area contributed by atoms with Gasteiger partial charge in [0.25, 0.3) is 5.91 Å². The number of thioether (sulfide) groups is 2. The molecule has 1 amide bonds.